The summed E-state index contributed by atoms with van der Waals surface area (Å²) in [4.78, 5) is 12.6. The molecule has 7 nitrogen and oxygen atoms in total. The van der Waals surface area contributed by atoms with Gasteiger partial charge in [0.1, 0.15) is 0 Å². The average Bonchev–Trinajstić information content (AvgIpc) is 2.62. The fraction of sp³-hybridized carbons (Fsp3) is 0.294. The molecular formula is C17H19N3O4S. The Balaban J connectivity index is 1.70. The molecule has 0 N–H and O–H groups in total. The molecule has 132 valence electrons. The van der Waals surface area contributed by atoms with Gasteiger partial charge in [0.2, 0.25) is 10.0 Å². The minimum absolute atomic E-state index is 0.0458. The van der Waals surface area contributed by atoms with Crippen molar-refractivity contribution in [2.75, 3.05) is 31.1 Å². The van der Waals surface area contributed by atoms with E-state index < -0.39 is 14.9 Å². The van der Waals surface area contributed by atoms with Crippen LogP contribution in [0.3, 0.4) is 0 Å². The number of piperazine rings is 1. The van der Waals surface area contributed by atoms with Gasteiger partial charge in [-0.15, -0.1) is 0 Å². The second-order valence-corrected chi connectivity index (χ2v) is 7.92. The lowest BCUT2D eigenvalue weighted by Gasteiger charge is -2.35. The Morgan fingerprint density at radius 3 is 2.20 bits per heavy atom. The number of aryl methyl sites for hydroxylation is 1. The van der Waals surface area contributed by atoms with Crippen molar-refractivity contribution < 1.29 is 13.3 Å². The molecule has 0 saturated carbocycles. The summed E-state index contributed by atoms with van der Waals surface area (Å²) >= 11 is 0. The van der Waals surface area contributed by atoms with Gasteiger partial charge in [0.25, 0.3) is 5.69 Å². The quantitative estimate of drug-likeness (QED) is 0.617. The van der Waals surface area contributed by atoms with Crippen LogP contribution in [-0.2, 0) is 10.0 Å². The maximum atomic E-state index is 12.7. The summed E-state index contributed by atoms with van der Waals surface area (Å²) in [7, 11) is -3.49. The summed E-state index contributed by atoms with van der Waals surface area (Å²) in [6, 6.07) is 13.2. The minimum atomic E-state index is -3.49. The van der Waals surface area contributed by atoms with Crippen molar-refractivity contribution in [3.05, 3.63) is 64.2 Å². The minimum Gasteiger partial charge on any atom is -0.369 e. The largest absolute Gasteiger partial charge is 0.369 e. The van der Waals surface area contributed by atoms with Crippen LogP contribution in [0.4, 0.5) is 11.4 Å². The maximum Gasteiger partial charge on any atom is 0.269 e. The number of anilines is 1. The number of non-ortho nitro benzene ring substituents is 1. The summed E-state index contributed by atoms with van der Waals surface area (Å²) in [5.74, 6) is 0. The molecule has 2 aromatic rings. The van der Waals surface area contributed by atoms with Crippen LogP contribution in [0, 0.1) is 17.0 Å². The van der Waals surface area contributed by atoms with Crippen molar-refractivity contribution in [3.63, 3.8) is 0 Å². The van der Waals surface area contributed by atoms with Gasteiger partial charge in [0.15, 0.2) is 0 Å². The van der Waals surface area contributed by atoms with Crippen LogP contribution in [0.1, 0.15) is 5.56 Å². The van der Waals surface area contributed by atoms with E-state index in [1.54, 1.807) is 30.3 Å². The third-order valence-corrected chi connectivity index (χ3v) is 6.19. The van der Waals surface area contributed by atoms with Crippen LogP contribution < -0.4 is 4.90 Å². The lowest BCUT2D eigenvalue weighted by molar-refractivity contribution is -0.384. The third-order valence-electron chi connectivity index (χ3n) is 4.29. The highest BCUT2D eigenvalue weighted by Crippen LogP contribution is 2.23. The standard InChI is InChI=1S/C17H19N3O4S/c1-14-3-2-4-17(13-14)25(23,24)19-11-9-18(10-12-19)15-5-7-16(8-6-15)20(21)22/h2-8,13H,9-12H2,1H3. The lowest BCUT2D eigenvalue weighted by atomic mass is 10.2. The number of hydrogen-bond acceptors (Lipinski definition) is 5. The number of rotatable bonds is 4. The van der Waals surface area contributed by atoms with Crippen molar-refractivity contribution in [2.24, 2.45) is 0 Å². The van der Waals surface area contributed by atoms with Crippen LogP contribution in [0.25, 0.3) is 0 Å². The molecule has 0 aromatic heterocycles. The summed E-state index contributed by atoms with van der Waals surface area (Å²) in [6.07, 6.45) is 0. The Kier molecular flexibility index (Phi) is 4.73. The first-order chi connectivity index (χ1) is 11.9. The fourth-order valence-electron chi connectivity index (χ4n) is 2.90. The number of nitrogens with zero attached hydrogens (tertiary/aromatic N) is 3. The number of nitro benzene ring substituents is 1. The van der Waals surface area contributed by atoms with Crippen molar-refractivity contribution in [3.8, 4) is 0 Å². The summed E-state index contributed by atoms with van der Waals surface area (Å²) in [5.41, 5.74) is 1.81. The molecule has 1 saturated heterocycles. The van der Waals surface area contributed by atoms with E-state index in [9.17, 15) is 18.5 Å². The summed E-state index contributed by atoms with van der Waals surface area (Å²) < 4.78 is 27.0. The fourth-order valence-corrected chi connectivity index (χ4v) is 4.42. The topological polar surface area (TPSA) is 83.8 Å². The van der Waals surface area contributed by atoms with Crippen molar-refractivity contribution >= 4 is 21.4 Å². The second kappa shape index (κ2) is 6.81. The van der Waals surface area contributed by atoms with E-state index in [2.05, 4.69) is 0 Å². The summed E-state index contributed by atoms with van der Waals surface area (Å²) in [5, 5.41) is 10.7. The Hall–Kier alpha value is -2.45. The van der Waals surface area contributed by atoms with Gasteiger partial charge >= 0.3 is 0 Å². The highest BCUT2D eigenvalue weighted by molar-refractivity contribution is 7.89. The molecule has 0 unspecified atom stereocenters. The Bertz CT molecular complexity index is 873. The molecule has 0 aliphatic carbocycles. The van der Waals surface area contributed by atoms with E-state index in [0.717, 1.165) is 11.3 Å². The zero-order valence-corrected chi connectivity index (χ0v) is 14.6. The van der Waals surface area contributed by atoms with E-state index in [4.69, 9.17) is 0 Å². The Labute approximate surface area is 146 Å². The Morgan fingerprint density at radius 1 is 1.00 bits per heavy atom. The zero-order chi connectivity index (χ0) is 18.0. The molecule has 1 heterocycles. The molecular weight excluding hydrogens is 342 g/mol. The van der Waals surface area contributed by atoms with Crippen molar-refractivity contribution in [2.45, 2.75) is 11.8 Å². The van der Waals surface area contributed by atoms with Crippen LogP contribution in [0.2, 0.25) is 0 Å². The van der Waals surface area contributed by atoms with Gasteiger partial charge in [0.05, 0.1) is 9.82 Å². The van der Waals surface area contributed by atoms with E-state index in [1.807, 2.05) is 17.9 Å². The Morgan fingerprint density at radius 2 is 1.64 bits per heavy atom. The SMILES string of the molecule is Cc1cccc(S(=O)(=O)N2CCN(c3ccc([N+](=O)[O-])cc3)CC2)c1. The summed E-state index contributed by atoms with van der Waals surface area (Å²) in [6.45, 7) is 3.72. The third kappa shape index (κ3) is 3.64. The molecule has 0 spiro atoms. The molecule has 1 aliphatic heterocycles. The van der Waals surface area contributed by atoms with Gasteiger partial charge in [-0.25, -0.2) is 8.42 Å². The molecule has 1 aliphatic rings. The monoisotopic (exact) mass is 361 g/mol. The maximum absolute atomic E-state index is 12.7. The van der Waals surface area contributed by atoms with E-state index in [0.29, 0.717) is 31.1 Å². The first kappa shape index (κ1) is 17.4. The molecule has 0 amide bonds. The molecule has 8 heteroatoms. The van der Waals surface area contributed by atoms with Crippen LogP contribution in [0.5, 0.6) is 0 Å². The number of sulfonamides is 1. The average molecular weight is 361 g/mol. The molecule has 0 radical (unpaired) electrons. The van der Waals surface area contributed by atoms with Crippen molar-refractivity contribution in [1.82, 2.24) is 4.31 Å². The number of hydrogen-bond donors (Lipinski definition) is 0. The number of benzene rings is 2. The highest BCUT2D eigenvalue weighted by Gasteiger charge is 2.28. The van der Waals surface area contributed by atoms with Gasteiger partial charge in [-0.05, 0) is 36.8 Å². The second-order valence-electron chi connectivity index (χ2n) is 5.98. The predicted octanol–water partition coefficient (Wildman–Crippen LogP) is 2.41. The van der Waals surface area contributed by atoms with Gasteiger partial charge in [-0.3, -0.25) is 10.1 Å². The lowest BCUT2D eigenvalue weighted by Crippen LogP contribution is -2.48. The first-order valence-electron chi connectivity index (χ1n) is 7.94. The first-order valence-corrected chi connectivity index (χ1v) is 9.38. The molecule has 0 atom stereocenters. The predicted molar refractivity (Wildman–Crippen MR) is 95.2 cm³/mol. The van der Waals surface area contributed by atoms with E-state index in [1.165, 1.54) is 16.4 Å². The zero-order valence-electron chi connectivity index (χ0n) is 13.8. The number of nitro groups is 1. The highest BCUT2D eigenvalue weighted by atomic mass is 32.2. The van der Waals surface area contributed by atoms with E-state index in [-0.39, 0.29) is 5.69 Å². The normalized spacial score (nSPS) is 16.0. The molecule has 3 rings (SSSR count). The van der Waals surface area contributed by atoms with Gasteiger partial charge in [-0.2, -0.15) is 4.31 Å². The van der Waals surface area contributed by atoms with E-state index >= 15 is 0 Å². The van der Waals surface area contributed by atoms with Crippen molar-refractivity contribution in [1.29, 1.82) is 0 Å². The molecule has 2 aromatic carbocycles. The smallest absolute Gasteiger partial charge is 0.269 e. The molecule has 1 fully saturated rings. The molecule has 25 heavy (non-hydrogen) atoms. The van der Waals surface area contributed by atoms with Gasteiger partial charge < -0.3 is 4.90 Å². The van der Waals surface area contributed by atoms with Crippen LogP contribution in [-0.4, -0.2) is 43.8 Å². The molecule has 0 bridgehead atoms. The van der Waals surface area contributed by atoms with Crippen LogP contribution >= 0.6 is 0 Å². The van der Waals surface area contributed by atoms with Gasteiger partial charge in [0, 0.05) is 44.0 Å². The van der Waals surface area contributed by atoms with Gasteiger partial charge in [-0.1, -0.05) is 12.1 Å². The van der Waals surface area contributed by atoms with Crippen LogP contribution in [0.15, 0.2) is 53.4 Å².